The van der Waals surface area contributed by atoms with Crippen LogP contribution in [-0.2, 0) is 13.2 Å². The minimum Gasteiger partial charge on any atom is -0.356 e. The molecule has 3 aromatic rings. The fourth-order valence-corrected chi connectivity index (χ4v) is 3.71. The fraction of sp³-hybridized carbons (Fsp3) is 0.450. The van der Waals surface area contributed by atoms with Crippen molar-refractivity contribution in [3.63, 3.8) is 0 Å². The van der Waals surface area contributed by atoms with Crippen LogP contribution in [0.5, 0.6) is 0 Å². The lowest BCUT2D eigenvalue weighted by molar-refractivity contribution is -0.137. The molecule has 0 radical (unpaired) electrons. The Hall–Kier alpha value is -2.88. The van der Waals surface area contributed by atoms with Gasteiger partial charge in [0, 0.05) is 54.7 Å². The third-order valence-electron chi connectivity index (χ3n) is 5.55. The number of H-pyrrole nitrogens is 1. The minimum atomic E-state index is -4.63. The molecule has 30 heavy (non-hydrogen) atoms. The van der Waals surface area contributed by atoms with Gasteiger partial charge in [-0.25, -0.2) is 9.97 Å². The number of piperidine rings is 1. The molecule has 4 rings (SSSR count). The lowest BCUT2D eigenvalue weighted by Gasteiger charge is -2.36. The number of nitrogens with one attached hydrogen (secondary N) is 3. The molecule has 0 aromatic carbocycles. The molecule has 3 N–H and O–H groups in total. The second-order valence-electron chi connectivity index (χ2n) is 8.32. The summed E-state index contributed by atoms with van der Waals surface area (Å²) in [5.41, 5.74) is -1.06. The number of fused-ring (bicyclic) bond motifs is 1. The van der Waals surface area contributed by atoms with Crippen molar-refractivity contribution in [2.45, 2.75) is 44.4 Å². The number of rotatable bonds is 3. The first-order valence-corrected chi connectivity index (χ1v) is 9.68. The van der Waals surface area contributed by atoms with Crippen molar-refractivity contribution < 1.29 is 13.2 Å². The summed E-state index contributed by atoms with van der Waals surface area (Å²) < 4.78 is 42.4. The van der Waals surface area contributed by atoms with Crippen molar-refractivity contribution in [1.29, 1.82) is 0 Å². The lowest BCUT2D eigenvalue weighted by Crippen LogP contribution is -2.50. The monoisotopic (exact) mass is 420 g/mol. The summed E-state index contributed by atoms with van der Waals surface area (Å²) in [6.07, 6.45) is 0.842. The maximum atomic E-state index is 13.7. The summed E-state index contributed by atoms with van der Waals surface area (Å²) in [6.45, 7) is 4.88. The van der Waals surface area contributed by atoms with Gasteiger partial charge in [0.25, 0.3) is 5.56 Å². The van der Waals surface area contributed by atoms with Crippen molar-refractivity contribution >= 4 is 16.9 Å². The summed E-state index contributed by atoms with van der Waals surface area (Å²) >= 11 is 0. The molecule has 0 saturated carbocycles. The number of aryl methyl sites for hydroxylation is 1. The maximum absolute atomic E-state index is 13.7. The molecule has 0 unspecified atom stereocenters. The Bertz CT molecular complexity index is 1140. The van der Waals surface area contributed by atoms with Gasteiger partial charge in [-0.3, -0.25) is 4.79 Å². The van der Waals surface area contributed by atoms with Gasteiger partial charge < -0.3 is 20.2 Å². The van der Waals surface area contributed by atoms with E-state index in [0.29, 0.717) is 11.9 Å². The number of alkyl halides is 3. The predicted molar refractivity (Wildman–Crippen MR) is 108 cm³/mol. The third-order valence-corrected chi connectivity index (χ3v) is 5.55. The van der Waals surface area contributed by atoms with E-state index in [1.54, 1.807) is 13.1 Å². The Labute approximate surface area is 170 Å². The van der Waals surface area contributed by atoms with Gasteiger partial charge in [-0.05, 0) is 32.8 Å². The van der Waals surface area contributed by atoms with E-state index in [2.05, 4.69) is 39.4 Å². The molecule has 0 amide bonds. The summed E-state index contributed by atoms with van der Waals surface area (Å²) in [6, 6.07) is 1.61. The lowest BCUT2D eigenvalue weighted by atomic mass is 9.91. The molecular formula is C20H23F3N6O. The molecule has 1 atom stereocenters. The number of pyridine rings is 1. The Morgan fingerprint density at radius 1 is 1.33 bits per heavy atom. The van der Waals surface area contributed by atoms with Crippen molar-refractivity contribution in [1.82, 2.24) is 24.8 Å². The number of hydrogen-bond donors (Lipinski definition) is 3. The Morgan fingerprint density at radius 3 is 2.77 bits per heavy atom. The highest BCUT2D eigenvalue weighted by Crippen LogP contribution is 2.38. The molecule has 10 heteroatoms. The molecule has 1 aliphatic heterocycles. The van der Waals surface area contributed by atoms with Crippen LogP contribution in [0.4, 0.5) is 19.1 Å². The minimum absolute atomic E-state index is 0.0119. The van der Waals surface area contributed by atoms with Crippen molar-refractivity contribution in [3.8, 4) is 11.3 Å². The third kappa shape index (κ3) is 3.79. The van der Waals surface area contributed by atoms with Crippen LogP contribution in [0.25, 0.3) is 22.2 Å². The van der Waals surface area contributed by atoms with E-state index in [-0.39, 0.29) is 39.9 Å². The molecular weight excluding hydrogens is 397 g/mol. The smallest absolute Gasteiger partial charge is 0.356 e. The van der Waals surface area contributed by atoms with Crippen LogP contribution in [0.1, 0.15) is 32.3 Å². The highest BCUT2D eigenvalue weighted by molar-refractivity contribution is 5.94. The van der Waals surface area contributed by atoms with Gasteiger partial charge in [-0.15, -0.1) is 0 Å². The van der Waals surface area contributed by atoms with Gasteiger partial charge >= 0.3 is 6.18 Å². The van der Waals surface area contributed by atoms with Crippen LogP contribution in [0.3, 0.4) is 0 Å². The molecule has 0 aliphatic carbocycles. The molecule has 0 spiro atoms. The van der Waals surface area contributed by atoms with E-state index < -0.39 is 11.7 Å². The molecule has 1 fully saturated rings. The first-order valence-electron chi connectivity index (χ1n) is 9.68. The van der Waals surface area contributed by atoms with E-state index in [0.717, 1.165) is 19.0 Å². The summed E-state index contributed by atoms with van der Waals surface area (Å²) in [7, 11) is 1.58. The van der Waals surface area contributed by atoms with Crippen LogP contribution in [0.2, 0.25) is 0 Å². The predicted octanol–water partition coefficient (Wildman–Crippen LogP) is 3.28. The number of aromatic nitrogens is 4. The van der Waals surface area contributed by atoms with Crippen molar-refractivity contribution in [3.05, 3.63) is 40.6 Å². The van der Waals surface area contributed by atoms with E-state index in [1.807, 2.05) is 0 Å². The fourth-order valence-electron chi connectivity index (χ4n) is 3.71. The van der Waals surface area contributed by atoms with Gasteiger partial charge in [-0.2, -0.15) is 13.2 Å². The topological polar surface area (TPSA) is 87.6 Å². The van der Waals surface area contributed by atoms with Gasteiger partial charge in [0.15, 0.2) is 0 Å². The zero-order valence-corrected chi connectivity index (χ0v) is 16.9. The SMILES string of the molecule is Cn1ccc2c(-c3nc(N[C@H]4CCC(C)(C)NC4)ncc3C(F)(F)F)c[nH]c2c1=O. The van der Waals surface area contributed by atoms with Crippen molar-refractivity contribution in [2.75, 3.05) is 11.9 Å². The second kappa shape index (κ2) is 7.12. The molecule has 3 aromatic heterocycles. The first kappa shape index (κ1) is 20.4. The van der Waals surface area contributed by atoms with Crippen LogP contribution >= 0.6 is 0 Å². The van der Waals surface area contributed by atoms with E-state index in [9.17, 15) is 18.0 Å². The van der Waals surface area contributed by atoms with Crippen LogP contribution < -0.4 is 16.2 Å². The first-order chi connectivity index (χ1) is 14.0. The Balaban J connectivity index is 1.75. The number of anilines is 1. The molecule has 160 valence electrons. The Morgan fingerprint density at radius 2 is 2.10 bits per heavy atom. The molecule has 4 heterocycles. The highest BCUT2D eigenvalue weighted by atomic mass is 19.4. The summed E-state index contributed by atoms with van der Waals surface area (Å²) in [4.78, 5) is 23.2. The average molecular weight is 420 g/mol. The quantitative estimate of drug-likeness (QED) is 0.605. The largest absolute Gasteiger partial charge is 0.419 e. The van der Waals surface area contributed by atoms with Crippen LogP contribution in [-0.4, -0.2) is 37.6 Å². The number of nitrogens with zero attached hydrogens (tertiary/aromatic N) is 3. The highest BCUT2D eigenvalue weighted by Gasteiger charge is 2.36. The Kier molecular flexibility index (Phi) is 4.84. The number of hydrogen-bond acceptors (Lipinski definition) is 5. The standard InChI is InChI=1S/C20H23F3N6O/c1-19(2)6-4-11(8-26-19)27-18-25-10-14(20(21,22)23)15(28-18)13-9-24-16-12(13)5-7-29(3)17(16)30/h5,7,9-11,24,26H,4,6,8H2,1-3H3,(H,25,27,28)/t11-/m0/s1. The summed E-state index contributed by atoms with van der Waals surface area (Å²) in [5, 5.41) is 6.93. The van der Waals surface area contributed by atoms with Crippen molar-refractivity contribution in [2.24, 2.45) is 7.05 Å². The van der Waals surface area contributed by atoms with Crippen LogP contribution in [0, 0.1) is 0 Å². The number of aromatic amines is 1. The van der Waals surface area contributed by atoms with Gasteiger partial charge in [0.2, 0.25) is 5.95 Å². The number of halogens is 3. The van der Waals surface area contributed by atoms with Gasteiger partial charge in [-0.1, -0.05) is 0 Å². The molecule has 0 bridgehead atoms. The average Bonchev–Trinajstić information content (AvgIpc) is 3.10. The molecule has 7 nitrogen and oxygen atoms in total. The van der Waals surface area contributed by atoms with Crippen LogP contribution in [0.15, 0.2) is 29.5 Å². The zero-order chi connectivity index (χ0) is 21.7. The summed E-state index contributed by atoms with van der Waals surface area (Å²) in [5.74, 6) is 0.127. The van der Waals surface area contributed by atoms with Gasteiger partial charge in [0.1, 0.15) is 11.1 Å². The van der Waals surface area contributed by atoms with E-state index >= 15 is 0 Å². The van der Waals surface area contributed by atoms with Gasteiger partial charge in [0.05, 0.1) is 5.69 Å². The van der Waals surface area contributed by atoms with E-state index in [1.165, 1.54) is 17.0 Å². The maximum Gasteiger partial charge on any atom is 0.419 e. The zero-order valence-electron chi connectivity index (χ0n) is 16.9. The van der Waals surface area contributed by atoms with E-state index in [4.69, 9.17) is 0 Å². The normalized spacial score (nSPS) is 19.2. The second-order valence-corrected chi connectivity index (χ2v) is 8.32. The molecule has 1 saturated heterocycles. The molecule has 1 aliphatic rings.